The van der Waals surface area contributed by atoms with Gasteiger partial charge in [0.25, 0.3) is 0 Å². The second kappa shape index (κ2) is 10.8. The standard InChI is InChI=1S/C26H29F3O4/c1-3-4-5-23-20(15-24(33-23)19-6-10-21(11-7-19)26(27,28)29)16-32-22-12-8-18(17(2)14-22)9-13-25(30)31/h6-8,10-12,15,17H,3-5,9,13-14,16H2,1-2H3,(H,30,31). The lowest BCUT2D eigenvalue weighted by Crippen LogP contribution is -2.09. The number of carbonyl (C=O) groups is 1. The Morgan fingerprint density at radius 2 is 1.91 bits per heavy atom. The zero-order chi connectivity index (χ0) is 24.0. The highest BCUT2D eigenvalue weighted by atomic mass is 19.4. The number of carboxylic acid groups (broad SMARTS) is 1. The van der Waals surface area contributed by atoms with E-state index < -0.39 is 17.7 Å². The number of aliphatic carboxylic acids is 1. The van der Waals surface area contributed by atoms with Crippen molar-refractivity contribution in [2.24, 2.45) is 5.92 Å². The normalized spacial score (nSPS) is 16.3. The van der Waals surface area contributed by atoms with Crippen LogP contribution in [0.1, 0.15) is 62.8 Å². The predicted molar refractivity (Wildman–Crippen MR) is 119 cm³/mol. The molecule has 0 aliphatic heterocycles. The average molecular weight is 463 g/mol. The Kier molecular flexibility index (Phi) is 8.06. The topological polar surface area (TPSA) is 59.7 Å². The van der Waals surface area contributed by atoms with E-state index in [9.17, 15) is 18.0 Å². The minimum Gasteiger partial charge on any atom is -0.493 e. The van der Waals surface area contributed by atoms with Crippen molar-refractivity contribution in [2.75, 3.05) is 0 Å². The molecule has 0 fully saturated rings. The highest BCUT2D eigenvalue weighted by Gasteiger charge is 2.30. The SMILES string of the molecule is CCCCc1oc(-c2ccc(C(F)(F)F)cc2)cc1COC1=CC=C(CCC(=O)O)C(C)C1. The van der Waals surface area contributed by atoms with Crippen molar-refractivity contribution in [3.8, 4) is 11.3 Å². The van der Waals surface area contributed by atoms with Gasteiger partial charge < -0.3 is 14.3 Å². The number of aryl methyl sites for hydroxylation is 1. The summed E-state index contributed by atoms with van der Waals surface area (Å²) in [6, 6.07) is 6.80. The van der Waals surface area contributed by atoms with Gasteiger partial charge in [-0.3, -0.25) is 4.79 Å². The third kappa shape index (κ3) is 6.76. The number of rotatable bonds is 10. The summed E-state index contributed by atoms with van der Waals surface area (Å²) in [6.07, 6.45) is 3.44. The number of carboxylic acids is 1. The van der Waals surface area contributed by atoms with Gasteiger partial charge in [-0.2, -0.15) is 13.2 Å². The third-order valence-corrected chi connectivity index (χ3v) is 5.82. The quantitative estimate of drug-likeness (QED) is 0.396. The molecule has 0 spiro atoms. The molecule has 4 nitrogen and oxygen atoms in total. The number of hydrogen-bond donors (Lipinski definition) is 1. The van der Waals surface area contributed by atoms with E-state index in [1.165, 1.54) is 12.1 Å². The summed E-state index contributed by atoms with van der Waals surface area (Å²) in [6.45, 7) is 4.44. The molecule has 0 saturated heterocycles. The van der Waals surface area contributed by atoms with Gasteiger partial charge in [-0.05, 0) is 43.0 Å². The van der Waals surface area contributed by atoms with Gasteiger partial charge in [0.15, 0.2) is 0 Å². The molecule has 1 aromatic heterocycles. The van der Waals surface area contributed by atoms with Crippen molar-refractivity contribution >= 4 is 5.97 Å². The van der Waals surface area contributed by atoms with Crippen LogP contribution in [-0.2, 0) is 28.7 Å². The Hall–Kier alpha value is -2.96. The first-order chi connectivity index (χ1) is 15.7. The number of ether oxygens (including phenoxy) is 1. The Morgan fingerprint density at radius 3 is 2.52 bits per heavy atom. The van der Waals surface area contributed by atoms with E-state index in [0.29, 0.717) is 30.8 Å². The summed E-state index contributed by atoms with van der Waals surface area (Å²) >= 11 is 0. The molecule has 1 aliphatic rings. The van der Waals surface area contributed by atoms with Crippen LogP contribution < -0.4 is 0 Å². The van der Waals surface area contributed by atoms with E-state index >= 15 is 0 Å². The molecule has 1 heterocycles. The molecular weight excluding hydrogens is 433 g/mol. The number of alkyl halides is 3. The number of furan rings is 1. The molecule has 33 heavy (non-hydrogen) atoms. The molecule has 0 amide bonds. The molecule has 1 N–H and O–H groups in total. The fraction of sp³-hybridized carbons (Fsp3) is 0.423. The van der Waals surface area contributed by atoms with E-state index in [0.717, 1.165) is 54.1 Å². The molecule has 3 rings (SSSR count). The number of halogens is 3. The van der Waals surface area contributed by atoms with E-state index in [-0.39, 0.29) is 12.3 Å². The van der Waals surface area contributed by atoms with Gasteiger partial charge >= 0.3 is 12.1 Å². The second-order valence-corrected chi connectivity index (χ2v) is 8.40. The van der Waals surface area contributed by atoms with Crippen LogP contribution in [0.2, 0.25) is 0 Å². The summed E-state index contributed by atoms with van der Waals surface area (Å²) in [7, 11) is 0. The lowest BCUT2D eigenvalue weighted by molar-refractivity contribution is -0.138. The number of benzene rings is 1. The molecule has 1 unspecified atom stereocenters. The first-order valence-electron chi connectivity index (χ1n) is 11.2. The lowest BCUT2D eigenvalue weighted by atomic mass is 9.89. The molecule has 0 radical (unpaired) electrons. The summed E-state index contributed by atoms with van der Waals surface area (Å²) < 4.78 is 50.6. The highest BCUT2D eigenvalue weighted by Crippen LogP contribution is 2.34. The van der Waals surface area contributed by atoms with Crippen molar-refractivity contribution in [3.63, 3.8) is 0 Å². The molecule has 2 aromatic rings. The Labute approximate surface area is 191 Å². The van der Waals surface area contributed by atoms with Gasteiger partial charge in [0, 0.05) is 30.4 Å². The fourth-order valence-electron chi connectivity index (χ4n) is 3.83. The van der Waals surface area contributed by atoms with E-state index in [4.69, 9.17) is 14.3 Å². The first-order valence-corrected chi connectivity index (χ1v) is 11.2. The number of allylic oxidation sites excluding steroid dienone is 4. The van der Waals surface area contributed by atoms with Crippen LogP contribution in [0.5, 0.6) is 0 Å². The summed E-state index contributed by atoms with van der Waals surface area (Å²) in [5.74, 6) is 1.53. The minimum atomic E-state index is -4.38. The van der Waals surface area contributed by atoms with Gasteiger partial charge in [0.1, 0.15) is 18.1 Å². The predicted octanol–water partition coefficient (Wildman–Crippen LogP) is 7.54. The fourth-order valence-corrected chi connectivity index (χ4v) is 3.83. The maximum atomic E-state index is 12.9. The van der Waals surface area contributed by atoms with Crippen LogP contribution in [0.15, 0.2) is 58.2 Å². The van der Waals surface area contributed by atoms with Gasteiger partial charge in [-0.15, -0.1) is 0 Å². The Bertz CT molecular complexity index is 1010. The van der Waals surface area contributed by atoms with Crippen molar-refractivity contribution in [1.82, 2.24) is 0 Å². The van der Waals surface area contributed by atoms with Gasteiger partial charge in [-0.25, -0.2) is 0 Å². The summed E-state index contributed by atoms with van der Waals surface area (Å²) in [5, 5.41) is 8.89. The van der Waals surface area contributed by atoms with Crippen LogP contribution >= 0.6 is 0 Å². The minimum absolute atomic E-state index is 0.114. The van der Waals surface area contributed by atoms with Gasteiger partial charge in [-0.1, -0.05) is 44.1 Å². The van der Waals surface area contributed by atoms with Crippen molar-refractivity contribution in [2.45, 2.75) is 65.2 Å². The zero-order valence-corrected chi connectivity index (χ0v) is 18.9. The zero-order valence-electron chi connectivity index (χ0n) is 18.9. The van der Waals surface area contributed by atoms with Crippen LogP contribution in [0.25, 0.3) is 11.3 Å². The molecule has 1 aromatic carbocycles. The van der Waals surface area contributed by atoms with Crippen LogP contribution in [0.3, 0.4) is 0 Å². The van der Waals surface area contributed by atoms with Crippen LogP contribution in [0, 0.1) is 5.92 Å². The van der Waals surface area contributed by atoms with Gasteiger partial charge in [0.05, 0.1) is 11.3 Å². The monoisotopic (exact) mass is 462 g/mol. The van der Waals surface area contributed by atoms with E-state index in [1.54, 1.807) is 0 Å². The smallest absolute Gasteiger partial charge is 0.416 e. The lowest BCUT2D eigenvalue weighted by Gasteiger charge is -2.21. The van der Waals surface area contributed by atoms with Crippen molar-refractivity contribution < 1.29 is 32.2 Å². The second-order valence-electron chi connectivity index (χ2n) is 8.40. The Morgan fingerprint density at radius 1 is 1.18 bits per heavy atom. The Balaban J connectivity index is 1.73. The van der Waals surface area contributed by atoms with Crippen molar-refractivity contribution in [3.05, 3.63) is 70.7 Å². The van der Waals surface area contributed by atoms with Gasteiger partial charge in [0.2, 0.25) is 0 Å². The largest absolute Gasteiger partial charge is 0.493 e. The highest BCUT2D eigenvalue weighted by molar-refractivity contribution is 5.67. The molecular formula is C26H29F3O4. The van der Waals surface area contributed by atoms with Crippen LogP contribution in [0.4, 0.5) is 13.2 Å². The third-order valence-electron chi connectivity index (χ3n) is 5.82. The molecule has 1 atom stereocenters. The molecule has 0 bridgehead atoms. The first kappa shape index (κ1) is 24.7. The van der Waals surface area contributed by atoms with Crippen LogP contribution in [-0.4, -0.2) is 11.1 Å². The number of hydrogen-bond acceptors (Lipinski definition) is 3. The molecule has 0 saturated carbocycles. The maximum Gasteiger partial charge on any atom is 0.416 e. The molecule has 1 aliphatic carbocycles. The average Bonchev–Trinajstić information content (AvgIpc) is 3.18. The number of unbranched alkanes of at least 4 members (excludes halogenated alkanes) is 1. The molecule has 7 heteroatoms. The van der Waals surface area contributed by atoms with E-state index in [2.05, 4.69) is 13.8 Å². The van der Waals surface area contributed by atoms with E-state index in [1.807, 2.05) is 18.2 Å². The molecule has 178 valence electrons. The summed E-state index contributed by atoms with van der Waals surface area (Å²) in [4.78, 5) is 10.8. The maximum absolute atomic E-state index is 12.9. The summed E-state index contributed by atoms with van der Waals surface area (Å²) in [5.41, 5.74) is 1.87. The van der Waals surface area contributed by atoms with Crippen molar-refractivity contribution in [1.29, 1.82) is 0 Å².